The van der Waals surface area contributed by atoms with Gasteiger partial charge in [-0.1, -0.05) is 36.4 Å². The number of halogens is 1. The Kier molecular flexibility index (Phi) is 6.06. The molecule has 0 fully saturated rings. The van der Waals surface area contributed by atoms with Crippen LogP contribution < -0.4 is 10.6 Å². The van der Waals surface area contributed by atoms with Crippen LogP contribution in [0.25, 0.3) is 16.6 Å². The minimum atomic E-state index is -0.000875. The van der Waals surface area contributed by atoms with Gasteiger partial charge in [0, 0.05) is 35.3 Å². The van der Waals surface area contributed by atoms with Crippen LogP contribution in [0, 0.1) is 0 Å². The Morgan fingerprint density at radius 1 is 1.31 bits per heavy atom. The molecule has 0 amide bonds. The second-order valence-electron chi connectivity index (χ2n) is 6.81. The van der Waals surface area contributed by atoms with Crippen LogP contribution in [0.4, 0.5) is 0 Å². The maximum Gasteiger partial charge on any atom is 0.245 e. The summed E-state index contributed by atoms with van der Waals surface area (Å²) in [5, 5.41) is 1.25. The Balaban J connectivity index is 2.01. The number of carbonyl (C=O) groups excluding carboxylic acids is 1. The van der Waals surface area contributed by atoms with E-state index in [1.54, 1.807) is 24.4 Å². The minimum Gasteiger partial charge on any atom is -0.489 e. The molecule has 2 aromatic carbocycles. The molecule has 3 aromatic rings. The predicted octanol–water partition coefficient (Wildman–Crippen LogP) is 4.74. The molecule has 0 unspecified atom stereocenters. The zero-order valence-corrected chi connectivity index (χ0v) is 17.2. The molecular weight excluding hydrogens is 390 g/mol. The van der Waals surface area contributed by atoms with Gasteiger partial charge in [0.25, 0.3) is 0 Å². The summed E-state index contributed by atoms with van der Waals surface area (Å²) in [5.41, 5.74) is 3.23. The van der Waals surface area contributed by atoms with Crippen LogP contribution >= 0.6 is 11.6 Å². The first-order valence-corrected chi connectivity index (χ1v) is 9.38. The van der Waals surface area contributed by atoms with E-state index < -0.39 is 0 Å². The van der Waals surface area contributed by atoms with Gasteiger partial charge in [0.05, 0.1) is 22.3 Å². The largest absolute Gasteiger partial charge is 0.489 e. The Hall–Kier alpha value is -3.09. The second-order valence-corrected chi connectivity index (χ2v) is 7.22. The van der Waals surface area contributed by atoms with E-state index in [9.17, 15) is 4.79 Å². The fourth-order valence-corrected chi connectivity index (χ4v) is 3.38. The van der Waals surface area contributed by atoms with Crippen molar-refractivity contribution in [2.24, 2.45) is 17.9 Å². The summed E-state index contributed by atoms with van der Waals surface area (Å²) in [4.78, 5) is 20.8. The number of aromatic nitrogens is 1. The predicted molar refractivity (Wildman–Crippen MR) is 116 cm³/mol. The highest BCUT2D eigenvalue weighted by molar-refractivity contribution is 6.32. The molecule has 0 atom stereocenters. The monoisotopic (exact) mass is 411 g/mol. The first-order chi connectivity index (χ1) is 13.8. The van der Waals surface area contributed by atoms with E-state index in [1.165, 1.54) is 0 Å². The van der Waals surface area contributed by atoms with E-state index >= 15 is 0 Å². The molecule has 29 heavy (non-hydrogen) atoms. The summed E-state index contributed by atoms with van der Waals surface area (Å²) in [6.07, 6.45) is 2.60. The van der Waals surface area contributed by atoms with Gasteiger partial charge in [0.2, 0.25) is 5.90 Å². The van der Waals surface area contributed by atoms with Crippen LogP contribution in [0.3, 0.4) is 0 Å². The van der Waals surface area contributed by atoms with Crippen molar-refractivity contribution in [1.82, 2.24) is 4.57 Å². The molecule has 0 saturated carbocycles. The van der Waals surface area contributed by atoms with Crippen molar-refractivity contribution >= 4 is 40.4 Å². The number of fused-ring (bicyclic) bond motifs is 1. The number of ether oxygens (including phenoxy) is 1. The molecule has 1 heterocycles. The molecule has 6 nitrogen and oxygen atoms in total. The van der Waals surface area contributed by atoms with E-state index in [2.05, 4.69) is 11.6 Å². The van der Waals surface area contributed by atoms with Gasteiger partial charge in [-0.2, -0.15) is 5.90 Å². The number of benzene rings is 2. The number of nitrogens with zero attached hydrogens (tertiary/aromatic N) is 2. The van der Waals surface area contributed by atoms with Crippen molar-refractivity contribution in [3.63, 3.8) is 0 Å². The van der Waals surface area contributed by atoms with Gasteiger partial charge >= 0.3 is 0 Å². The fraction of sp³-hybridized carbons (Fsp3) is 0.182. The third-order valence-corrected chi connectivity index (χ3v) is 4.66. The molecule has 3 rings (SSSR count). The molecule has 2 N–H and O–H groups in total. The average Bonchev–Trinajstić information content (AvgIpc) is 3.03. The zero-order valence-electron chi connectivity index (χ0n) is 16.5. The summed E-state index contributed by atoms with van der Waals surface area (Å²) in [6.45, 7) is 7.90. The molecule has 0 bridgehead atoms. The van der Waals surface area contributed by atoms with Crippen molar-refractivity contribution in [3.05, 3.63) is 70.9 Å². The van der Waals surface area contributed by atoms with Crippen molar-refractivity contribution in [1.29, 1.82) is 0 Å². The lowest BCUT2D eigenvalue weighted by Gasteiger charge is -2.13. The lowest BCUT2D eigenvalue weighted by atomic mass is 10.1. The number of aldehydes is 1. The molecular formula is C22H22ClN3O3. The van der Waals surface area contributed by atoms with E-state index in [0.29, 0.717) is 27.6 Å². The highest BCUT2D eigenvalue weighted by Crippen LogP contribution is 2.30. The average molecular weight is 412 g/mol. The number of hydrogen-bond donors (Lipinski definition) is 1. The molecule has 0 spiro atoms. The zero-order chi connectivity index (χ0) is 21.1. The third-order valence-electron chi connectivity index (χ3n) is 4.36. The molecule has 0 saturated heterocycles. The van der Waals surface area contributed by atoms with Gasteiger partial charge in [-0.15, -0.1) is 0 Å². The van der Waals surface area contributed by atoms with Crippen LogP contribution in [0.2, 0.25) is 5.02 Å². The SMILES string of the molecule is C=C(/N=C(\ON)c1ccc(OC(C)C)c(Cl)c1)c1cccc2c(C=O)cn(C)c12. The minimum absolute atomic E-state index is 0.000875. The number of hydrogen-bond acceptors (Lipinski definition) is 5. The summed E-state index contributed by atoms with van der Waals surface area (Å²) >= 11 is 6.31. The van der Waals surface area contributed by atoms with E-state index in [4.69, 9.17) is 27.1 Å². The summed E-state index contributed by atoms with van der Waals surface area (Å²) in [6, 6.07) is 10.8. The van der Waals surface area contributed by atoms with E-state index in [1.807, 2.05) is 43.7 Å². The van der Waals surface area contributed by atoms with Gasteiger partial charge in [0.1, 0.15) is 5.75 Å². The Bertz CT molecular complexity index is 1120. The second kappa shape index (κ2) is 8.51. The standard InChI is InChI=1S/C22H22ClN3O3/c1-13(2)28-20-9-8-15(10-19(20)23)22(29-24)25-14(3)17-6-5-7-18-16(12-27)11-26(4)21(17)18/h5-13H,3,24H2,1-2,4H3/b25-22-. The van der Waals surface area contributed by atoms with Crippen LogP contribution in [-0.4, -0.2) is 22.9 Å². The van der Waals surface area contributed by atoms with Crippen LogP contribution in [0.15, 0.2) is 54.2 Å². The normalized spacial score (nSPS) is 11.7. The lowest BCUT2D eigenvalue weighted by molar-refractivity contribution is 0.112. The first-order valence-electron chi connectivity index (χ1n) is 9.00. The quantitative estimate of drug-likeness (QED) is 0.275. The van der Waals surface area contributed by atoms with Crippen molar-refractivity contribution < 1.29 is 14.4 Å². The van der Waals surface area contributed by atoms with Crippen molar-refractivity contribution in [2.45, 2.75) is 20.0 Å². The van der Waals surface area contributed by atoms with Crippen molar-refractivity contribution in [2.75, 3.05) is 0 Å². The number of aliphatic imine (C=N–C) groups is 1. The van der Waals surface area contributed by atoms with E-state index in [0.717, 1.165) is 22.8 Å². The number of nitrogens with two attached hydrogens (primary N) is 1. The molecule has 150 valence electrons. The van der Waals surface area contributed by atoms with Gasteiger partial charge in [-0.3, -0.25) is 4.79 Å². The van der Waals surface area contributed by atoms with Crippen LogP contribution in [-0.2, 0) is 11.9 Å². The maximum absolute atomic E-state index is 11.3. The number of rotatable bonds is 6. The Morgan fingerprint density at radius 3 is 2.69 bits per heavy atom. The topological polar surface area (TPSA) is 78.8 Å². The third kappa shape index (κ3) is 4.18. The van der Waals surface area contributed by atoms with Gasteiger partial charge in [-0.25, -0.2) is 4.99 Å². The van der Waals surface area contributed by atoms with Gasteiger partial charge in [0.15, 0.2) is 6.29 Å². The molecule has 1 aromatic heterocycles. The first kappa shape index (κ1) is 20.6. The molecule has 0 aliphatic rings. The molecule has 0 aliphatic carbocycles. The van der Waals surface area contributed by atoms with Crippen molar-refractivity contribution in [3.8, 4) is 5.75 Å². The molecule has 7 heteroatoms. The molecule has 0 radical (unpaired) electrons. The Morgan fingerprint density at radius 2 is 2.07 bits per heavy atom. The summed E-state index contributed by atoms with van der Waals surface area (Å²) in [5.74, 6) is 6.20. The fourth-order valence-electron chi connectivity index (χ4n) is 3.15. The lowest BCUT2D eigenvalue weighted by Crippen LogP contribution is -2.13. The van der Waals surface area contributed by atoms with Crippen LogP contribution in [0.5, 0.6) is 5.75 Å². The highest BCUT2D eigenvalue weighted by Gasteiger charge is 2.14. The van der Waals surface area contributed by atoms with Gasteiger partial charge in [-0.05, 0) is 32.0 Å². The number of aryl methyl sites for hydroxylation is 1. The number of para-hydroxylation sites is 1. The van der Waals surface area contributed by atoms with Crippen LogP contribution in [0.1, 0.15) is 35.3 Å². The highest BCUT2D eigenvalue weighted by atomic mass is 35.5. The molecule has 0 aliphatic heterocycles. The van der Waals surface area contributed by atoms with E-state index in [-0.39, 0.29) is 12.0 Å². The van der Waals surface area contributed by atoms with Gasteiger partial charge < -0.3 is 14.1 Å². The summed E-state index contributed by atoms with van der Waals surface area (Å²) in [7, 11) is 1.86. The summed E-state index contributed by atoms with van der Waals surface area (Å²) < 4.78 is 7.51. The Labute approximate surface area is 174 Å². The number of carbonyl (C=O) groups is 1. The smallest absolute Gasteiger partial charge is 0.245 e. The maximum atomic E-state index is 11.3.